The highest BCUT2D eigenvalue weighted by Crippen LogP contribution is 2.32. The Hall–Kier alpha value is -1.47. The lowest BCUT2D eigenvalue weighted by Crippen LogP contribution is -2.30. The first kappa shape index (κ1) is 11.0. The van der Waals surface area contributed by atoms with Gasteiger partial charge in [0, 0.05) is 12.6 Å². The number of ether oxygens (including phenoxy) is 1. The molecule has 3 N–H and O–H groups in total. The number of aliphatic hydroxyl groups is 1. The van der Waals surface area contributed by atoms with Crippen LogP contribution in [0, 0.1) is 0 Å². The molecule has 1 aromatic rings. The number of aliphatic hydroxyl groups excluding tert-OH is 1. The Labute approximate surface area is 90.5 Å². The maximum absolute atomic E-state index is 13.7. The van der Waals surface area contributed by atoms with Crippen LogP contribution in [0.1, 0.15) is 12.6 Å². The quantitative estimate of drug-likeness (QED) is 0.709. The smallest absolute Gasteiger partial charge is 0.351 e. The Morgan fingerprint density at radius 2 is 2.56 bits per heavy atom. The summed E-state index contributed by atoms with van der Waals surface area (Å²) in [6.45, 7) is -0.856. The van der Waals surface area contributed by atoms with Gasteiger partial charge >= 0.3 is 5.69 Å². The number of nitrogens with two attached hydrogens (primary N) is 1. The molecule has 6 nitrogen and oxygen atoms in total. The van der Waals surface area contributed by atoms with Crippen LogP contribution in [-0.2, 0) is 4.74 Å². The molecule has 0 radical (unpaired) electrons. The van der Waals surface area contributed by atoms with Gasteiger partial charge in [-0.3, -0.25) is 4.57 Å². The van der Waals surface area contributed by atoms with E-state index in [1.807, 2.05) is 0 Å². The minimum absolute atomic E-state index is 0.0744. The predicted molar refractivity (Wildman–Crippen MR) is 53.4 cm³/mol. The Kier molecular flexibility index (Phi) is 2.64. The number of rotatable bonds is 2. The van der Waals surface area contributed by atoms with Gasteiger partial charge in [0.25, 0.3) is 0 Å². The highest BCUT2D eigenvalue weighted by Gasteiger charge is 2.41. The van der Waals surface area contributed by atoms with E-state index in [1.165, 1.54) is 12.3 Å². The summed E-state index contributed by atoms with van der Waals surface area (Å²) in [5, 5.41) is 8.83. The van der Waals surface area contributed by atoms with Crippen molar-refractivity contribution in [2.45, 2.75) is 18.3 Å². The molecule has 7 heteroatoms. The number of anilines is 1. The third kappa shape index (κ3) is 1.91. The average molecular weight is 229 g/mol. The van der Waals surface area contributed by atoms with Crippen LogP contribution in [0.2, 0.25) is 0 Å². The van der Waals surface area contributed by atoms with E-state index in [0.29, 0.717) is 0 Å². The second-order valence-electron chi connectivity index (χ2n) is 3.82. The van der Waals surface area contributed by atoms with Crippen LogP contribution in [-0.4, -0.2) is 33.5 Å². The van der Waals surface area contributed by atoms with Gasteiger partial charge in [-0.15, -0.1) is 0 Å². The van der Waals surface area contributed by atoms with Crippen LogP contribution < -0.4 is 11.4 Å². The van der Waals surface area contributed by atoms with Crippen LogP contribution in [0.5, 0.6) is 0 Å². The normalized spacial score (nSPS) is 29.5. The molecule has 1 saturated heterocycles. The van der Waals surface area contributed by atoms with E-state index >= 15 is 0 Å². The van der Waals surface area contributed by atoms with Crippen molar-refractivity contribution in [2.24, 2.45) is 0 Å². The van der Waals surface area contributed by atoms with Gasteiger partial charge in [0.1, 0.15) is 12.0 Å². The maximum atomic E-state index is 13.7. The molecular formula is C9H12FN3O3. The minimum Gasteiger partial charge on any atom is -0.393 e. The lowest BCUT2D eigenvalue weighted by molar-refractivity contribution is 0.0274. The second-order valence-corrected chi connectivity index (χ2v) is 3.82. The SMILES string of the molecule is Nc1ccn([C@H]2C[C@](F)(CO)CO2)c(=O)n1. The molecule has 0 spiro atoms. The Bertz CT molecular complexity index is 450. The standard InChI is InChI=1S/C9H12FN3O3/c10-9(4-14)3-7(16-5-9)13-2-1-6(11)12-8(13)15/h1-2,7,14H,3-5H2,(H2,11,12,15)/t7-,9+/m1/s1. The zero-order valence-corrected chi connectivity index (χ0v) is 8.47. The van der Waals surface area contributed by atoms with Gasteiger partial charge in [-0.05, 0) is 6.07 Å². The molecule has 0 bridgehead atoms. The Morgan fingerprint density at radius 3 is 3.12 bits per heavy atom. The predicted octanol–water partition coefficient (Wildman–Crippen LogP) is -0.555. The largest absolute Gasteiger partial charge is 0.393 e. The molecule has 16 heavy (non-hydrogen) atoms. The molecule has 2 heterocycles. The summed E-state index contributed by atoms with van der Waals surface area (Å²) in [6.07, 6.45) is 0.589. The molecule has 0 saturated carbocycles. The maximum Gasteiger partial charge on any atom is 0.351 e. The second kappa shape index (κ2) is 3.84. The van der Waals surface area contributed by atoms with E-state index in [1.54, 1.807) is 0 Å². The third-order valence-corrected chi connectivity index (χ3v) is 2.52. The number of nitrogens with zero attached hydrogens (tertiary/aromatic N) is 2. The zero-order chi connectivity index (χ0) is 11.8. The van der Waals surface area contributed by atoms with Crippen molar-refractivity contribution in [2.75, 3.05) is 18.9 Å². The molecule has 0 unspecified atom stereocenters. The van der Waals surface area contributed by atoms with Crippen LogP contribution in [0.15, 0.2) is 17.1 Å². The highest BCUT2D eigenvalue weighted by atomic mass is 19.1. The average Bonchev–Trinajstić information content (AvgIpc) is 2.62. The molecular weight excluding hydrogens is 217 g/mol. The van der Waals surface area contributed by atoms with Crippen LogP contribution in [0.3, 0.4) is 0 Å². The molecule has 1 fully saturated rings. The van der Waals surface area contributed by atoms with E-state index in [0.717, 1.165) is 4.57 Å². The first-order valence-corrected chi connectivity index (χ1v) is 4.80. The third-order valence-electron chi connectivity index (χ3n) is 2.52. The van der Waals surface area contributed by atoms with Gasteiger partial charge in [-0.1, -0.05) is 0 Å². The van der Waals surface area contributed by atoms with Crippen molar-refractivity contribution in [3.63, 3.8) is 0 Å². The summed E-state index contributed by atoms with van der Waals surface area (Å²) in [7, 11) is 0. The molecule has 1 aliphatic heterocycles. The van der Waals surface area contributed by atoms with E-state index < -0.39 is 24.2 Å². The van der Waals surface area contributed by atoms with Gasteiger partial charge in [0.2, 0.25) is 0 Å². The lowest BCUT2D eigenvalue weighted by atomic mass is 10.1. The fourth-order valence-corrected chi connectivity index (χ4v) is 1.61. The molecule has 0 aromatic carbocycles. The van der Waals surface area contributed by atoms with Gasteiger partial charge in [-0.25, -0.2) is 9.18 Å². The zero-order valence-electron chi connectivity index (χ0n) is 8.47. The van der Waals surface area contributed by atoms with E-state index in [-0.39, 0.29) is 18.8 Å². The topological polar surface area (TPSA) is 90.4 Å². The first-order chi connectivity index (χ1) is 7.54. The van der Waals surface area contributed by atoms with Gasteiger partial charge in [0.05, 0.1) is 13.2 Å². The molecule has 1 aliphatic rings. The number of aromatic nitrogens is 2. The summed E-state index contributed by atoms with van der Waals surface area (Å²) in [6, 6.07) is 1.43. The summed E-state index contributed by atoms with van der Waals surface area (Å²) >= 11 is 0. The molecule has 0 aliphatic carbocycles. The molecule has 88 valence electrons. The van der Waals surface area contributed by atoms with Crippen LogP contribution >= 0.6 is 0 Å². The van der Waals surface area contributed by atoms with Gasteiger partial charge in [-0.2, -0.15) is 4.98 Å². The lowest BCUT2D eigenvalue weighted by Gasteiger charge is -2.14. The number of hydrogen-bond donors (Lipinski definition) is 2. The van der Waals surface area contributed by atoms with Crippen molar-refractivity contribution in [3.05, 3.63) is 22.7 Å². The number of hydrogen-bond acceptors (Lipinski definition) is 5. The fourth-order valence-electron chi connectivity index (χ4n) is 1.61. The van der Waals surface area contributed by atoms with E-state index in [4.69, 9.17) is 15.6 Å². The van der Waals surface area contributed by atoms with Crippen molar-refractivity contribution < 1.29 is 14.2 Å². The van der Waals surface area contributed by atoms with Crippen molar-refractivity contribution in [3.8, 4) is 0 Å². The van der Waals surface area contributed by atoms with Gasteiger partial charge in [0.15, 0.2) is 5.67 Å². The number of alkyl halides is 1. The molecule has 1 aromatic heterocycles. The van der Waals surface area contributed by atoms with Crippen LogP contribution in [0.25, 0.3) is 0 Å². The highest BCUT2D eigenvalue weighted by molar-refractivity contribution is 5.23. The Balaban J connectivity index is 2.24. The van der Waals surface area contributed by atoms with Crippen molar-refractivity contribution in [1.29, 1.82) is 0 Å². The number of nitrogen functional groups attached to an aromatic ring is 1. The molecule has 2 atom stereocenters. The summed E-state index contributed by atoms with van der Waals surface area (Å²) in [5.74, 6) is 0.105. The van der Waals surface area contributed by atoms with Gasteiger partial charge < -0.3 is 15.6 Å². The first-order valence-electron chi connectivity index (χ1n) is 4.80. The Morgan fingerprint density at radius 1 is 1.81 bits per heavy atom. The summed E-state index contributed by atoms with van der Waals surface area (Å²) in [5.41, 5.74) is 2.95. The minimum atomic E-state index is -1.79. The summed E-state index contributed by atoms with van der Waals surface area (Å²) < 4.78 is 19.9. The molecule has 2 rings (SSSR count). The van der Waals surface area contributed by atoms with Crippen molar-refractivity contribution in [1.82, 2.24) is 9.55 Å². The molecule has 0 amide bonds. The van der Waals surface area contributed by atoms with Crippen LogP contribution in [0.4, 0.5) is 10.2 Å². The summed E-state index contributed by atoms with van der Waals surface area (Å²) in [4.78, 5) is 14.9. The van der Waals surface area contributed by atoms with E-state index in [2.05, 4.69) is 4.98 Å². The fraction of sp³-hybridized carbons (Fsp3) is 0.556. The van der Waals surface area contributed by atoms with Crippen molar-refractivity contribution >= 4 is 5.82 Å². The monoisotopic (exact) mass is 229 g/mol. The number of halogens is 1. The van der Waals surface area contributed by atoms with E-state index in [9.17, 15) is 9.18 Å².